The van der Waals surface area contributed by atoms with Crippen LogP contribution < -0.4 is 15.1 Å². The number of likely N-dealkylation sites (N-methyl/N-ethyl adjacent to an activating group) is 1. The van der Waals surface area contributed by atoms with Gasteiger partial charge in [-0.15, -0.1) is 0 Å². The van der Waals surface area contributed by atoms with E-state index in [0.29, 0.717) is 38.2 Å². The van der Waals surface area contributed by atoms with E-state index in [1.165, 1.54) is 24.3 Å². The predicted molar refractivity (Wildman–Crippen MR) is 95.4 cm³/mol. The molecule has 3 rings (SSSR count). The van der Waals surface area contributed by atoms with E-state index >= 15 is 0 Å². The minimum Gasteiger partial charge on any atom is -0.338 e. The average Bonchev–Trinajstić information content (AvgIpc) is 2.61. The second-order valence-electron chi connectivity index (χ2n) is 6.41. The molecule has 0 bridgehead atoms. The van der Waals surface area contributed by atoms with E-state index in [0.717, 1.165) is 17.0 Å². The zero-order valence-corrected chi connectivity index (χ0v) is 15.6. The van der Waals surface area contributed by atoms with Crippen LogP contribution in [0, 0.1) is 0 Å². The highest BCUT2D eigenvalue weighted by Gasteiger charge is 2.37. The third-order valence-electron chi connectivity index (χ3n) is 4.63. The fraction of sp³-hybridized carbons (Fsp3) is 0.600. The Morgan fingerprint density at radius 1 is 1.15 bits per heavy atom. The zero-order valence-electron chi connectivity index (χ0n) is 14.8. The number of hydrogen-bond acceptors (Lipinski definition) is 6. The number of hydrogen-bond donors (Lipinski definition) is 1. The van der Waals surface area contributed by atoms with Gasteiger partial charge in [-0.2, -0.15) is 4.31 Å². The molecule has 11 heteroatoms. The summed E-state index contributed by atoms with van der Waals surface area (Å²) in [6.07, 6.45) is 6.03. The highest BCUT2D eigenvalue weighted by atomic mass is 32.2. The topological polar surface area (TPSA) is 116 Å². The van der Waals surface area contributed by atoms with Gasteiger partial charge in [0.05, 0.1) is 24.3 Å². The number of carbonyl (C=O) groups is 2. The Bertz CT molecular complexity index is 797. The second-order valence-corrected chi connectivity index (χ2v) is 8.45. The van der Waals surface area contributed by atoms with Crippen LogP contribution >= 0.6 is 0 Å². The van der Waals surface area contributed by atoms with Gasteiger partial charge in [-0.05, 0) is 19.3 Å². The zero-order chi connectivity index (χ0) is 18.9. The van der Waals surface area contributed by atoms with Crippen molar-refractivity contribution < 1.29 is 18.0 Å². The summed E-state index contributed by atoms with van der Waals surface area (Å²) < 4.78 is 24.6. The molecular formula is C15H22N6O4S. The van der Waals surface area contributed by atoms with Crippen molar-refractivity contribution in [3.63, 3.8) is 0 Å². The van der Waals surface area contributed by atoms with Gasteiger partial charge in [0.2, 0.25) is 21.9 Å². The quantitative estimate of drug-likeness (QED) is 0.770. The molecule has 3 amide bonds. The van der Waals surface area contributed by atoms with Gasteiger partial charge in [0.25, 0.3) is 0 Å². The Kier molecular flexibility index (Phi) is 5.10. The van der Waals surface area contributed by atoms with E-state index in [9.17, 15) is 18.0 Å². The molecule has 26 heavy (non-hydrogen) atoms. The molecule has 0 saturated carbocycles. The first-order valence-electron chi connectivity index (χ1n) is 8.41. The summed E-state index contributed by atoms with van der Waals surface area (Å²) >= 11 is 0. The van der Waals surface area contributed by atoms with Crippen molar-refractivity contribution in [1.29, 1.82) is 0 Å². The van der Waals surface area contributed by atoms with Crippen LogP contribution in [0.25, 0.3) is 0 Å². The van der Waals surface area contributed by atoms with E-state index in [1.54, 1.807) is 4.90 Å². The standard InChI is InChI=1S/C15H22N6O4S/c1-19(26(2,24)25)12-5-3-7-21(13(12)22)14-17-9-11(10-18-14)20-8-4-6-16-15(20)23/h9-10,12H,3-8H2,1-2H3,(H,16,23). The maximum Gasteiger partial charge on any atom is 0.321 e. The number of nitrogens with zero attached hydrogens (tertiary/aromatic N) is 5. The number of piperidine rings is 1. The maximum absolute atomic E-state index is 12.7. The summed E-state index contributed by atoms with van der Waals surface area (Å²) in [7, 11) is -2.07. The van der Waals surface area contributed by atoms with Gasteiger partial charge >= 0.3 is 6.03 Å². The van der Waals surface area contributed by atoms with Crippen molar-refractivity contribution in [1.82, 2.24) is 19.6 Å². The minimum absolute atomic E-state index is 0.198. The van der Waals surface area contributed by atoms with Gasteiger partial charge in [-0.25, -0.2) is 23.2 Å². The predicted octanol–water partition coefficient (Wildman–Crippen LogP) is -0.217. The van der Waals surface area contributed by atoms with E-state index < -0.39 is 16.1 Å². The first-order chi connectivity index (χ1) is 12.3. The van der Waals surface area contributed by atoms with E-state index in [4.69, 9.17) is 0 Å². The largest absolute Gasteiger partial charge is 0.338 e. The number of rotatable bonds is 4. The highest BCUT2D eigenvalue weighted by molar-refractivity contribution is 7.88. The van der Waals surface area contributed by atoms with Crippen LogP contribution in [0.15, 0.2) is 12.4 Å². The summed E-state index contributed by atoms with van der Waals surface area (Å²) in [5.74, 6) is -0.129. The smallest absolute Gasteiger partial charge is 0.321 e. The third kappa shape index (κ3) is 3.63. The number of anilines is 2. The number of urea groups is 1. The third-order valence-corrected chi connectivity index (χ3v) is 5.93. The molecule has 1 N–H and O–H groups in total. The maximum atomic E-state index is 12.7. The van der Waals surface area contributed by atoms with Gasteiger partial charge in [-0.1, -0.05) is 0 Å². The van der Waals surface area contributed by atoms with E-state index in [1.807, 2.05) is 0 Å². The number of amides is 3. The first kappa shape index (κ1) is 18.5. The molecule has 2 fully saturated rings. The SMILES string of the molecule is CN(C1CCCN(c2ncc(N3CCCNC3=O)cn2)C1=O)S(C)(=O)=O. The van der Waals surface area contributed by atoms with Crippen LogP contribution in [-0.2, 0) is 14.8 Å². The molecule has 10 nitrogen and oxygen atoms in total. The van der Waals surface area contributed by atoms with Crippen molar-refractivity contribution >= 4 is 33.6 Å². The number of carbonyl (C=O) groups excluding carboxylic acids is 2. The lowest BCUT2D eigenvalue weighted by Gasteiger charge is -2.34. The van der Waals surface area contributed by atoms with Gasteiger partial charge in [-0.3, -0.25) is 14.6 Å². The Morgan fingerprint density at radius 2 is 1.81 bits per heavy atom. The lowest BCUT2D eigenvalue weighted by atomic mass is 10.1. The molecular weight excluding hydrogens is 360 g/mol. The molecule has 3 heterocycles. The van der Waals surface area contributed by atoms with Gasteiger partial charge in [0.1, 0.15) is 6.04 Å². The first-order valence-corrected chi connectivity index (χ1v) is 10.3. The van der Waals surface area contributed by atoms with Crippen LogP contribution in [0.1, 0.15) is 19.3 Å². The van der Waals surface area contributed by atoms with Crippen molar-refractivity contribution in [2.45, 2.75) is 25.3 Å². The summed E-state index contributed by atoms with van der Waals surface area (Å²) in [6.45, 7) is 1.65. The Labute approximate surface area is 152 Å². The van der Waals surface area contributed by atoms with Gasteiger partial charge in [0, 0.05) is 26.7 Å². The molecule has 0 aromatic carbocycles. The Hall–Kier alpha value is -2.27. The highest BCUT2D eigenvalue weighted by Crippen LogP contribution is 2.23. The number of aromatic nitrogens is 2. The van der Waals surface area contributed by atoms with Crippen LogP contribution in [-0.4, -0.2) is 73.6 Å². The van der Waals surface area contributed by atoms with Crippen molar-refractivity contribution in [3.05, 3.63) is 12.4 Å². The molecule has 2 saturated heterocycles. The lowest BCUT2D eigenvalue weighted by molar-refractivity contribution is -0.123. The Balaban J connectivity index is 1.78. The molecule has 1 atom stereocenters. The minimum atomic E-state index is -3.47. The molecule has 1 aromatic rings. The van der Waals surface area contributed by atoms with Crippen molar-refractivity contribution in [2.24, 2.45) is 0 Å². The van der Waals surface area contributed by atoms with Crippen molar-refractivity contribution in [3.8, 4) is 0 Å². The Morgan fingerprint density at radius 3 is 2.42 bits per heavy atom. The van der Waals surface area contributed by atoms with E-state index in [-0.39, 0.29) is 17.9 Å². The molecule has 2 aliphatic rings. The summed E-state index contributed by atoms with van der Waals surface area (Å²) in [5, 5.41) is 2.75. The molecule has 1 unspecified atom stereocenters. The number of sulfonamides is 1. The summed E-state index contributed by atoms with van der Waals surface area (Å²) in [6, 6.07) is -0.952. The molecule has 2 aliphatic heterocycles. The molecule has 0 radical (unpaired) electrons. The summed E-state index contributed by atoms with van der Waals surface area (Å²) in [4.78, 5) is 36.0. The average molecular weight is 382 g/mol. The fourth-order valence-electron chi connectivity index (χ4n) is 3.09. The lowest BCUT2D eigenvalue weighted by Crippen LogP contribution is -2.53. The molecule has 1 aromatic heterocycles. The van der Waals surface area contributed by atoms with Crippen LogP contribution in [0.5, 0.6) is 0 Å². The van der Waals surface area contributed by atoms with Gasteiger partial charge in [0.15, 0.2) is 0 Å². The fourth-order valence-corrected chi connectivity index (χ4v) is 3.75. The summed E-state index contributed by atoms with van der Waals surface area (Å²) in [5.41, 5.74) is 0.556. The van der Waals surface area contributed by atoms with Crippen LogP contribution in [0.2, 0.25) is 0 Å². The monoisotopic (exact) mass is 382 g/mol. The van der Waals surface area contributed by atoms with E-state index in [2.05, 4.69) is 15.3 Å². The van der Waals surface area contributed by atoms with Crippen LogP contribution in [0.3, 0.4) is 0 Å². The molecule has 142 valence electrons. The van der Waals surface area contributed by atoms with Crippen LogP contribution in [0.4, 0.5) is 16.4 Å². The number of nitrogens with one attached hydrogen (secondary N) is 1. The normalized spacial score (nSPS) is 21.9. The van der Waals surface area contributed by atoms with Gasteiger partial charge < -0.3 is 5.32 Å². The second kappa shape index (κ2) is 7.16. The van der Waals surface area contributed by atoms with Crippen molar-refractivity contribution in [2.75, 3.05) is 42.7 Å². The molecule has 0 aliphatic carbocycles. The molecule has 0 spiro atoms.